The number of aryl methyl sites for hydroxylation is 1. The number of aromatic nitrogens is 4. The maximum atomic E-state index is 13.0. The largest absolute Gasteiger partial charge is 0.373 e. The number of unbranched alkanes of at least 4 members (excludes halogenated alkanes) is 1. The highest BCUT2D eigenvalue weighted by Gasteiger charge is 2.25. The highest BCUT2D eigenvalue weighted by molar-refractivity contribution is 6.04. The monoisotopic (exact) mass is 504 g/mol. The summed E-state index contributed by atoms with van der Waals surface area (Å²) >= 11 is 0. The van der Waals surface area contributed by atoms with E-state index in [9.17, 15) is 4.79 Å². The third-order valence-electron chi connectivity index (χ3n) is 6.69. The van der Waals surface area contributed by atoms with E-state index in [2.05, 4.69) is 67.8 Å². The van der Waals surface area contributed by atoms with Crippen LogP contribution in [0.2, 0.25) is 0 Å². The molecule has 5 rings (SSSR count). The molecular weight excluding hydrogens is 472 g/mol. The van der Waals surface area contributed by atoms with Crippen LogP contribution in [0.1, 0.15) is 65.8 Å². The Morgan fingerprint density at radius 3 is 2.68 bits per heavy atom. The Labute approximate surface area is 223 Å². The molecule has 1 aliphatic carbocycles. The van der Waals surface area contributed by atoms with Crippen molar-refractivity contribution < 1.29 is 4.79 Å². The third kappa shape index (κ3) is 5.62. The van der Waals surface area contributed by atoms with E-state index < -0.39 is 0 Å². The molecule has 0 aliphatic heterocycles. The number of rotatable bonds is 9. The van der Waals surface area contributed by atoms with Crippen LogP contribution in [0, 0.1) is 6.92 Å². The zero-order chi connectivity index (χ0) is 26.5. The summed E-state index contributed by atoms with van der Waals surface area (Å²) in [6.07, 6.45) is 13.6. The van der Waals surface area contributed by atoms with Crippen LogP contribution in [0.15, 0.2) is 67.3 Å². The molecule has 0 atom stereocenters. The minimum Gasteiger partial charge on any atom is -0.373 e. The summed E-state index contributed by atoms with van der Waals surface area (Å²) < 4.78 is 0. The highest BCUT2D eigenvalue weighted by atomic mass is 16.1. The number of pyridine rings is 2. The van der Waals surface area contributed by atoms with E-state index in [1.165, 1.54) is 0 Å². The minimum absolute atomic E-state index is 0.163. The molecule has 0 radical (unpaired) electrons. The molecule has 0 unspecified atom stereocenters. The van der Waals surface area contributed by atoms with Gasteiger partial charge in [0.25, 0.3) is 5.91 Å². The van der Waals surface area contributed by atoms with E-state index >= 15 is 0 Å². The summed E-state index contributed by atoms with van der Waals surface area (Å²) in [7, 11) is 1.87. The van der Waals surface area contributed by atoms with Gasteiger partial charge in [-0.3, -0.25) is 14.8 Å². The molecule has 2 N–H and O–H groups in total. The van der Waals surface area contributed by atoms with Gasteiger partial charge in [-0.15, -0.1) is 0 Å². The van der Waals surface area contributed by atoms with Crippen molar-refractivity contribution in [2.24, 2.45) is 0 Å². The summed E-state index contributed by atoms with van der Waals surface area (Å²) in [5.41, 5.74) is 7.87. The second-order valence-corrected chi connectivity index (χ2v) is 9.56. The fraction of sp³-hybridized carbons (Fsp3) is 0.258. The molecular formula is C31H32N6O. The number of allylic oxidation sites excluding steroid dienone is 1. The van der Waals surface area contributed by atoms with Crippen LogP contribution in [0.4, 0.5) is 11.5 Å². The molecule has 3 heterocycles. The number of nitrogens with one attached hydrogen (secondary N) is 2. The predicted octanol–water partition coefficient (Wildman–Crippen LogP) is 6.89. The SMILES string of the molecule is CCC/C=C/c1c(NC)ncnc1-c1cccc(-c2cc(NC(=O)c3ccnc(C4CC4)c3)cnc2C)c1. The van der Waals surface area contributed by atoms with E-state index in [0.717, 1.165) is 70.8 Å². The molecule has 1 aromatic carbocycles. The number of carbonyl (C=O) groups excluding carboxylic acids is 1. The molecule has 7 heteroatoms. The van der Waals surface area contributed by atoms with E-state index in [4.69, 9.17) is 0 Å². The van der Waals surface area contributed by atoms with Crippen LogP contribution in [0.3, 0.4) is 0 Å². The molecule has 1 fully saturated rings. The molecule has 192 valence electrons. The summed E-state index contributed by atoms with van der Waals surface area (Å²) in [6, 6.07) is 13.9. The molecule has 3 aromatic heterocycles. The van der Waals surface area contributed by atoms with Crippen molar-refractivity contribution in [2.45, 2.75) is 45.4 Å². The van der Waals surface area contributed by atoms with Gasteiger partial charge in [-0.2, -0.15) is 0 Å². The third-order valence-corrected chi connectivity index (χ3v) is 6.69. The zero-order valence-corrected chi connectivity index (χ0v) is 22.0. The zero-order valence-electron chi connectivity index (χ0n) is 22.0. The Bertz CT molecular complexity index is 1490. The summed E-state index contributed by atoms with van der Waals surface area (Å²) in [5.74, 6) is 1.12. The first kappa shape index (κ1) is 25.3. The van der Waals surface area contributed by atoms with Gasteiger partial charge in [0.2, 0.25) is 0 Å². The Balaban J connectivity index is 1.45. The van der Waals surface area contributed by atoms with Crippen LogP contribution in [-0.4, -0.2) is 32.9 Å². The predicted molar refractivity (Wildman–Crippen MR) is 153 cm³/mol. The minimum atomic E-state index is -0.163. The highest BCUT2D eigenvalue weighted by Crippen LogP contribution is 2.39. The second kappa shape index (κ2) is 11.3. The number of nitrogens with zero attached hydrogens (tertiary/aromatic N) is 4. The van der Waals surface area contributed by atoms with Crippen LogP contribution in [-0.2, 0) is 0 Å². The molecule has 7 nitrogen and oxygen atoms in total. The average molecular weight is 505 g/mol. The summed E-state index contributed by atoms with van der Waals surface area (Å²) in [6.45, 7) is 4.13. The van der Waals surface area contributed by atoms with Crippen molar-refractivity contribution in [3.05, 3.63) is 89.8 Å². The number of hydrogen-bond donors (Lipinski definition) is 2. The lowest BCUT2D eigenvalue weighted by Crippen LogP contribution is -2.13. The van der Waals surface area contributed by atoms with Gasteiger partial charge in [-0.1, -0.05) is 43.7 Å². The van der Waals surface area contributed by atoms with Gasteiger partial charge < -0.3 is 10.6 Å². The lowest BCUT2D eigenvalue weighted by molar-refractivity contribution is 0.102. The molecule has 38 heavy (non-hydrogen) atoms. The van der Waals surface area contributed by atoms with Crippen molar-refractivity contribution in [3.8, 4) is 22.4 Å². The number of benzene rings is 1. The van der Waals surface area contributed by atoms with Crippen LogP contribution < -0.4 is 10.6 Å². The Hall–Kier alpha value is -4.39. The van der Waals surface area contributed by atoms with Gasteiger partial charge in [0.1, 0.15) is 12.1 Å². The van der Waals surface area contributed by atoms with Gasteiger partial charge in [0.05, 0.1) is 17.6 Å². The molecule has 0 bridgehead atoms. The molecule has 4 aromatic rings. The van der Waals surface area contributed by atoms with Crippen molar-refractivity contribution in [1.82, 2.24) is 19.9 Å². The van der Waals surface area contributed by atoms with Crippen LogP contribution >= 0.6 is 0 Å². The van der Waals surface area contributed by atoms with E-state index in [0.29, 0.717) is 17.2 Å². The van der Waals surface area contributed by atoms with Gasteiger partial charge in [0.15, 0.2) is 0 Å². The maximum absolute atomic E-state index is 13.0. The van der Waals surface area contributed by atoms with Crippen molar-refractivity contribution in [3.63, 3.8) is 0 Å². The van der Waals surface area contributed by atoms with Gasteiger partial charge in [0, 0.05) is 52.8 Å². The van der Waals surface area contributed by atoms with Crippen molar-refractivity contribution in [2.75, 3.05) is 17.7 Å². The van der Waals surface area contributed by atoms with E-state index in [1.54, 1.807) is 24.8 Å². The second-order valence-electron chi connectivity index (χ2n) is 9.56. The van der Waals surface area contributed by atoms with Crippen LogP contribution in [0.25, 0.3) is 28.5 Å². The fourth-order valence-corrected chi connectivity index (χ4v) is 4.47. The quantitative estimate of drug-likeness (QED) is 0.258. The summed E-state index contributed by atoms with van der Waals surface area (Å²) in [5, 5.41) is 6.20. The number of carbonyl (C=O) groups is 1. The van der Waals surface area contributed by atoms with Gasteiger partial charge >= 0.3 is 0 Å². The molecule has 1 amide bonds. The number of amides is 1. The summed E-state index contributed by atoms with van der Waals surface area (Å²) in [4.78, 5) is 31.0. The number of anilines is 2. The van der Waals surface area contributed by atoms with Gasteiger partial charge in [-0.05, 0) is 56.0 Å². The van der Waals surface area contributed by atoms with Gasteiger partial charge in [-0.25, -0.2) is 9.97 Å². The Morgan fingerprint density at radius 1 is 1.05 bits per heavy atom. The molecule has 0 saturated heterocycles. The first-order valence-electron chi connectivity index (χ1n) is 13.1. The van der Waals surface area contributed by atoms with Crippen molar-refractivity contribution in [1.29, 1.82) is 0 Å². The van der Waals surface area contributed by atoms with E-state index in [1.807, 2.05) is 32.2 Å². The average Bonchev–Trinajstić information content (AvgIpc) is 3.80. The topological polar surface area (TPSA) is 92.7 Å². The lowest BCUT2D eigenvalue weighted by Gasteiger charge is -2.13. The molecule has 1 aliphatic rings. The van der Waals surface area contributed by atoms with E-state index in [-0.39, 0.29) is 5.91 Å². The van der Waals surface area contributed by atoms with Crippen molar-refractivity contribution >= 4 is 23.5 Å². The maximum Gasteiger partial charge on any atom is 0.255 e. The first-order chi connectivity index (χ1) is 18.6. The lowest BCUT2D eigenvalue weighted by atomic mass is 9.98. The smallest absolute Gasteiger partial charge is 0.255 e. The fourth-order valence-electron chi connectivity index (χ4n) is 4.47. The standard InChI is InChI=1S/C31H32N6O/c1-4-5-6-10-26-29(35-19-36-30(26)32-3)23-9-7-8-22(15-23)27-17-25(18-34-20(27)2)37-31(38)24-13-14-33-28(16-24)21-11-12-21/h6-10,13-19,21H,4-5,11-12H2,1-3H3,(H,37,38)(H,32,35,36)/b10-6+. The normalized spacial score (nSPS) is 13.0. The first-order valence-corrected chi connectivity index (χ1v) is 13.1. The molecule has 0 spiro atoms. The Kier molecular flexibility index (Phi) is 7.54. The van der Waals surface area contributed by atoms with Crippen LogP contribution in [0.5, 0.6) is 0 Å². The Morgan fingerprint density at radius 2 is 1.89 bits per heavy atom. The molecule has 1 saturated carbocycles. The number of hydrogen-bond acceptors (Lipinski definition) is 6.